The van der Waals surface area contributed by atoms with Crippen LogP contribution in [-0.4, -0.2) is 29.6 Å². The molecule has 1 aliphatic carbocycles. The molecule has 1 N–H and O–H groups in total. The maximum Gasteiger partial charge on any atom is 0.241 e. The number of carbonyl (C=O) groups excluding carboxylic acids is 1. The zero-order valence-corrected chi connectivity index (χ0v) is 11.6. The minimum absolute atomic E-state index is 0.0473. The van der Waals surface area contributed by atoms with E-state index in [0.29, 0.717) is 17.2 Å². The van der Waals surface area contributed by atoms with E-state index in [1.807, 2.05) is 0 Å². The highest BCUT2D eigenvalue weighted by Crippen LogP contribution is 2.42. The van der Waals surface area contributed by atoms with Gasteiger partial charge in [-0.3, -0.25) is 10.1 Å². The molecular weight excluding hydrogens is 212 g/mol. The van der Waals surface area contributed by atoms with Gasteiger partial charge in [0.05, 0.1) is 12.2 Å². The van der Waals surface area contributed by atoms with E-state index in [1.165, 1.54) is 19.3 Å². The highest BCUT2D eigenvalue weighted by atomic mass is 16.2. The normalized spacial score (nSPS) is 32.1. The van der Waals surface area contributed by atoms with Crippen molar-refractivity contribution in [1.29, 1.82) is 0 Å². The van der Waals surface area contributed by atoms with Crippen LogP contribution in [0.5, 0.6) is 0 Å². The van der Waals surface area contributed by atoms with Crippen LogP contribution in [0.1, 0.15) is 53.4 Å². The molecule has 1 heterocycles. The molecule has 17 heavy (non-hydrogen) atoms. The summed E-state index contributed by atoms with van der Waals surface area (Å²) in [5, 5.41) is 3.49. The van der Waals surface area contributed by atoms with Crippen LogP contribution >= 0.6 is 0 Å². The average Bonchev–Trinajstić information content (AvgIpc) is 2.54. The van der Waals surface area contributed by atoms with Gasteiger partial charge in [-0.05, 0) is 30.6 Å². The van der Waals surface area contributed by atoms with E-state index in [-0.39, 0.29) is 12.2 Å². The fourth-order valence-corrected chi connectivity index (χ4v) is 3.08. The van der Waals surface area contributed by atoms with Crippen molar-refractivity contribution in [2.75, 3.05) is 6.54 Å². The zero-order chi connectivity index (χ0) is 12.6. The summed E-state index contributed by atoms with van der Waals surface area (Å²) in [6.07, 6.45) is 5.02. The van der Waals surface area contributed by atoms with Crippen molar-refractivity contribution in [3.8, 4) is 0 Å². The molecule has 1 aliphatic heterocycles. The van der Waals surface area contributed by atoms with Crippen LogP contribution in [0.3, 0.4) is 0 Å². The molecule has 2 atom stereocenters. The second-order valence-corrected chi connectivity index (χ2v) is 6.45. The molecule has 1 amide bonds. The van der Waals surface area contributed by atoms with Gasteiger partial charge >= 0.3 is 0 Å². The molecule has 0 aromatic rings. The molecular formula is C14H26N2O. The van der Waals surface area contributed by atoms with Crippen LogP contribution in [0.15, 0.2) is 0 Å². The smallest absolute Gasteiger partial charge is 0.241 e. The Morgan fingerprint density at radius 2 is 2.12 bits per heavy atom. The first-order valence-corrected chi connectivity index (χ1v) is 7.03. The van der Waals surface area contributed by atoms with E-state index in [9.17, 15) is 4.79 Å². The molecule has 2 rings (SSSR count). The van der Waals surface area contributed by atoms with Gasteiger partial charge in [0.15, 0.2) is 0 Å². The van der Waals surface area contributed by atoms with Crippen LogP contribution in [0, 0.1) is 11.3 Å². The second-order valence-electron chi connectivity index (χ2n) is 6.45. The van der Waals surface area contributed by atoms with Gasteiger partial charge in [-0.1, -0.05) is 34.1 Å². The highest BCUT2D eigenvalue weighted by molar-refractivity contribution is 5.84. The summed E-state index contributed by atoms with van der Waals surface area (Å²) in [6.45, 7) is 9.73. The Morgan fingerprint density at radius 3 is 2.53 bits per heavy atom. The van der Waals surface area contributed by atoms with E-state index in [2.05, 4.69) is 37.9 Å². The van der Waals surface area contributed by atoms with Crippen molar-refractivity contribution in [2.45, 2.75) is 65.6 Å². The lowest BCUT2D eigenvalue weighted by Gasteiger charge is -2.43. The molecule has 3 heteroatoms. The Balaban J connectivity index is 2.08. The molecule has 0 radical (unpaired) electrons. The van der Waals surface area contributed by atoms with Gasteiger partial charge in [-0.2, -0.15) is 0 Å². The van der Waals surface area contributed by atoms with Gasteiger partial charge in [-0.15, -0.1) is 0 Å². The van der Waals surface area contributed by atoms with E-state index in [0.717, 1.165) is 13.0 Å². The third-order valence-electron chi connectivity index (χ3n) is 4.44. The summed E-state index contributed by atoms with van der Waals surface area (Å²) in [7, 11) is 0. The molecule has 0 aromatic heterocycles. The van der Waals surface area contributed by atoms with Crippen molar-refractivity contribution in [1.82, 2.24) is 10.2 Å². The Hall–Kier alpha value is -0.570. The summed E-state index contributed by atoms with van der Waals surface area (Å²) < 4.78 is 0. The standard InChI is InChI=1S/C14H26N2O/c1-5-11-13(17)16(12(15-11)10(2)3)9-14(4)7-6-8-14/h10-12,15H,5-9H2,1-4H3. The van der Waals surface area contributed by atoms with Crippen molar-refractivity contribution in [2.24, 2.45) is 11.3 Å². The first kappa shape index (κ1) is 12.9. The molecule has 98 valence electrons. The molecule has 1 saturated heterocycles. The molecule has 0 spiro atoms. The van der Waals surface area contributed by atoms with Gasteiger partial charge in [-0.25, -0.2) is 0 Å². The van der Waals surface area contributed by atoms with Gasteiger partial charge in [0.2, 0.25) is 5.91 Å². The summed E-state index contributed by atoms with van der Waals surface area (Å²) in [6, 6.07) is 0.0473. The Kier molecular flexibility index (Phi) is 3.48. The molecule has 0 aromatic carbocycles. The van der Waals surface area contributed by atoms with Crippen LogP contribution in [0.4, 0.5) is 0 Å². The van der Waals surface area contributed by atoms with Crippen molar-refractivity contribution in [3.05, 3.63) is 0 Å². The number of carbonyl (C=O) groups is 1. The Labute approximate surface area is 105 Å². The number of rotatable bonds is 4. The first-order valence-electron chi connectivity index (χ1n) is 7.03. The Bertz CT molecular complexity index is 297. The van der Waals surface area contributed by atoms with Gasteiger partial charge in [0, 0.05) is 6.54 Å². The predicted molar refractivity (Wildman–Crippen MR) is 69.5 cm³/mol. The van der Waals surface area contributed by atoms with Gasteiger partial charge in [0.1, 0.15) is 0 Å². The van der Waals surface area contributed by atoms with Crippen LogP contribution in [0.25, 0.3) is 0 Å². The van der Waals surface area contributed by atoms with Crippen LogP contribution in [-0.2, 0) is 4.79 Å². The largest absolute Gasteiger partial charge is 0.325 e. The molecule has 2 aliphatic rings. The molecule has 2 unspecified atom stereocenters. The maximum atomic E-state index is 12.3. The zero-order valence-electron chi connectivity index (χ0n) is 11.6. The maximum absolute atomic E-state index is 12.3. The van der Waals surface area contributed by atoms with Crippen LogP contribution in [0.2, 0.25) is 0 Å². The number of nitrogens with zero attached hydrogens (tertiary/aromatic N) is 1. The summed E-state index contributed by atoms with van der Waals surface area (Å²) >= 11 is 0. The van der Waals surface area contributed by atoms with Crippen molar-refractivity contribution < 1.29 is 4.79 Å². The minimum Gasteiger partial charge on any atom is -0.325 e. The fraction of sp³-hybridized carbons (Fsp3) is 0.929. The quantitative estimate of drug-likeness (QED) is 0.815. The SMILES string of the molecule is CCC1NC(C(C)C)N(CC2(C)CCC2)C1=O. The second kappa shape index (κ2) is 4.60. The fourth-order valence-electron chi connectivity index (χ4n) is 3.08. The molecule has 1 saturated carbocycles. The highest BCUT2D eigenvalue weighted by Gasteiger charge is 2.44. The number of nitrogens with one attached hydrogen (secondary N) is 1. The van der Waals surface area contributed by atoms with Crippen molar-refractivity contribution in [3.63, 3.8) is 0 Å². The summed E-state index contributed by atoms with van der Waals surface area (Å²) in [4.78, 5) is 14.4. The third-order valence-corrected chi connectivity index (χ3v) is 4.44. The number of amides is 1. The summed E-state index contributed by atoms with van der Waals surface area (Å²) in [5.41, 5.74) is 0.382. The molecule has 0 bridgehead atoms. The third kappa shape index (κ3) is 2.35. The Morgan fingerprint density at radius 1 is 1.47 bits per heavy atom. The van der Waals surface area contributed by atoms with E-state index in [4.69, 9.17) is 0 Å². The lowest BCUT2D eigenvalue weighted by molar-refractivity contribution is -0.133. The lowest BCUT2D eigenvalue weighted by Crippen LogP contribution is -2.48. The topological polar surface area (TPSA) is 32.3 Å². The predicted octanol–water partition coefficient (Wildman–Crippen LogP) is 2.37. The first-order chi connectivity index (χ1) is 7.97. The lowest BCUT2D eigenvalue weighted by atomic mass is 9.70. The summed E-state index contributed by atoms with van der Waals surface area (Å²) in [5.74, 6) is 0.804. The number of hydrogen-bond donors (Lipinski definition) is 1. The molecule has 2 fully saturated rings. The average molecular weight is 238 g/mol. The van der Waals surface area contributed by atoms with E-state index < -0.39 is 0 Å². The van der Waals surface area contributed by atoms with E-state index in [1.54, 1.807) is 0 Å². The van der Waals surface area contributed by atoms with Gasteiger partial charge in [0.25, 0.3) is 0 Å². The number of hydrogen-bond acceptors (Lipinski definition) is 2. The van der Waals surface area contributed by atoms with Crippen LogP contribution < -0.4 is 5.32 Å². The van der Waals surface area contributed by atoms with Gasteiger partial charge < -0.3 is 4.90 Å². The minimum atomic E-state index is 0.0473. The van der Waals surface area contributed by atoms with Crippen molar-refractivity contribution >= 4 is 5.91 Å². The molecule has 3 nitrogen and oxygen atoms in total. The monoisotopic (exact) mass is 238 g/mol. The van der Waals surface area contributed by atoms with E-state index >= 15 is 0 Å².